The Labute approximate surface area is 111 Å². The van der Waals surface area contributed by atoms with Gasteiger partial charge in [0.05, 0.1) is 32.2 Å². The Morgan fingerprint density at radius 1 is 1.37 bits per heavy atom. The summed E-state index contributed by atoms with van der Waals surface area (Å²) in [6.07, 6.45) is -0.887. The van der Waals surface area contributed by atoms with Gasteiger partial charge in [0.15, 0.2) is 6.10 Å². The maximum Gasteiger partial charge on any atom is 0.336 e. The Hall–Kier alpha value is -1.21. The summed E-state index contributed by atoms with van der Waals surface area (Å²) < 4.78 is 36.6. The summed E-state index contributed by atoms with van der Waals surface area (Å²) >= 11 is 0. The highest BCUT2D eigenvalue weighted by Crippen LogP contribution is 2.23. The zero-order valence-corrected chi connectivity index (χ0v) is 11.3. The van der Waals surface area contributed by atoms with Crippen molar-refractivity contribution in [2.45, 2.75) is 6.10 Å². The van der Waals surface area contributed by atoms with E-state index in [1.165, 1.54) is 15.7 Å². The molecule has 2 aliphatic heterocycles. The zero-order valence-electron chi connectivity index (χ0n) is 10.5. The lowest BCUT2D eigenvalue weighted by atomic mass is 10.1. The Morgan fingerprint density at radius 2 is 2.05 bits per heavy atom. The zero-order chi connectivity index (χ0) is 14.0. The summed E-state index contributed by atoms with van der Waals surface area (Å²) in [7, 11) is -2.39. The topological polar surface area (TPSA) is 99.9 Å². The van der Waals surface area contributed by atoms with Gasteiger partial charge in [-0.15, -0.1) is 0 Å². The molecule has 0 aromatic carbocycles. The van der Waals surface area contributed by atoms with Crippen molar-refractivity contribution in [2.24, 2.45) is 5.92 Å². The van der Waals surface area contributed by atoms with E-state index in [-0.39, 0.29) is 38.7 Å². The van der Waals surface area contributed by atoms with Crippen molar-refractivity contribution in [1.29, 1.82) is 5.26 Å². The van der Waals surface area contributed by atoms with Gasteiger partial charge in [-0.3, -0.25) is 0 Å². The molecule has 0 aromatic heterocycles. The maximum atomic E-state index is 12.2. The van der Waals surface area contributed by atoms with E-state index in [2.05, 4.69) is 4.74 Å². The van der Waals surface area contributed by atoms with Crippen LogP contribution in [0.4, 0.5) is 0 Å². The van der Waals surface area contributed by atoms with Crippen LogP contribution in [-0.2, 0) is 24.5 Å². The van der Waals surface area contributed by atoms with Gasteiger partial charge in [-0.25, -0.2) is 4.79 Å². The fourth-order valence-corrected chi connectivity index (χ4v) is 3.67. The second kappa shape index (κ2) is 5.42. The Balaban J connectivity index is 2.01. The van der Waals surface area contributed by atoms with Crippen LogP contribution >= 0.6 is 0 Å². The molecule has 0 amide bonds. The smallest absolute Gasteiger partial charge is 0.336 e. The van der Waals surface area contributed by atoms with Crippen LogP contribution in [0.3, 0.4) is 0 Å². The second-order valence-corrected chi connectivity index (χ2v) is 6.32. The molecule has 19 heavy (non-hydrogen) atoms. The van der Waals surface area contributed by atoms with Gasteiger partial charge in [-0.05, 0) is 0 Å². The third-order valence-corrected chi connectivity index (χ3v) is 5.11. The summed E-state index contributed by atoms with van der Waals surface area (Å²) in [5, 5.41) is 8.66. The van der Waals surface area contributed by atoms with E-state index >= 15 is 0 Å². The molecular formula is C10H15N3O5S. The van der Waals surface area contributed by atoms with E-state index in [0.717, 1.165) is 0 Å². The first kappa shape index (κ1) is 14.2. The fourth-order valence-electron chi connectivity index (χ4n) is 1.98. The van der Waals surface area contributed by atoms with E-state index in [1.54, 1.807) is 0 Å². The van der Waals surface area contributed by atoms with Gasteiger partial charge < -0.3 is 9.47 Å². The molecule has 106 valence electrons. The first-order chi connectivity index (χ1) is 8.98. The minimum Gasteiger partial charge on any atom is -0.467 e. The third kappa shape index (κ3) is 2.71. The lowest BCUT2D eigenvalue weighted by molar-refractivity contribution is -0.157. The van der Waals surface area contributed by atoms with Gasteiger partial charge in [0, 0.05) is 19.6 Å². The molecule has 0 unspecified atom stereocenters. The van der Waals surface area contributed by atoms with Gasteiger partial charge in [0.1, 0.15) is 0 Å². The molecular weight excluding hydrogens is 274 g/mol. The lowest BCUT2D eigenvalue weighted by Crippen LogP contribution is -2.58. The molecule has 0 aromatic rings. The summed E-state index contributed by atoms with van der Waals surface area (Å²) in [6, 6.07) is 2.02. The van der Waals surface area contributed by atoms with Crippen molar-refractivity contribution in [1.82, 2.24) is 8.61 Å². The number of methoxy groups -OCH3 is 1. The number of carbonyl (C=O) groups is 1. The quantitative estimate of drug-likeness (QED) is 0.590. The minimum absolute atomic E-state index is 0.0529. The Bertz CT molecular complexity index is 494. The van der Waals surface area contributed by atoms with Crippen LogP contribution in [0, 0.1) is 17.2 Å². The highest BCUT2D eigenvalue weighted by atomic mass is 32.2. The molecule has 0 radical (unpaired) electrons. The molecule has 1 atom stereocenters. The van der Waals surface area contributed by atoms with Crippen LogP contribution in [0.15, 0.2) is 0 Å². The van der Waals surface area contributed by atoms with Crippen molar-refractivity contribution >= 4 is 16.2 Å². The number of nitriles is 1. The van der Waals surface area contributed by atoms with Crippen molar-refractivity contribution < 1.29 is 22.7 Å². The molecule has 9 heteroatoms. The van der Waals surface area contributed by atoms with Gasteiger partial charge in [-0.1, -0.05) is 0 Å². The molecule has 2 saturated heterocycles. The average molecular weight is 289 g/mol. The van der Waals surface area contributed by atoms with Crippen LogP contribution < -0.4 is 0 Å². The Kier molecular flexibility index (Phi) is 4.05. The first-order valence-corrected chi connectivity index (χ1v) is 7.23. The minimum atomic E-state index is -3.62. The monoisotopic (exact) mass is 289 g/mol. The molecule has 0 N–H and O–H groups in total. The van der Waals surface area contributed by atoms with E-state index in [4.69, 9.17) is 10.00 Å². The number of hydrogen-bond donors (Lipinski definition) is 0. The number of carbonyl (C=O) groups excluding carboxylic acids is 1. The van der Waals surface area contributed by atoms with Gasteiger partial charge in [0.2, 0.25) is 0 Å². The second-order valence-electron chi connectivity index (χ2n) is 4.39. The maximum absolute atomic E-state index is 12.2. The van der Waals surface area contributed by atoms with E-state index in [0.29, 0.717) is 0 Å². The van der Waals surface area contributed by atoms with Crippen molar-refractivity contribution in [3.05, 3.63) is 0 Å². The van der Waals surface area contributed by atoms with Crippen LogP contribution in [0.2, 0.25) is 0 Å². The van der Waals surface area contributed by atoms with Crippen LogP contribution in [0.1, 0.15) is 0 Å². The summed E-state index contributed by atoms with van der Waals surface area (Å²) in [5.74, 6) is -0.828. The van der Waals surface area contributed by atoms with Crippen LogP contribution in [0.25, 0.3) is 0 Å². The van der Waals surface area contributed by atoms with Gasteiger partial charge in [-0.2, -0.15) is 22.3 Å². The molecule has 2 heterocycles. The van der Waals surface area contributed by atoms with Crippen LogP contribution in [-0.4, -0.2) is 69.0 Å². The number of nitrogens with zero attached hydrogens (tertiary/aromatic N) is 3. The molecule has 0 bridgehead atoms. The molecule has 2 rings (SSSR count). The van der Waals surface area contributed by atoms with Crippen LogP contribution in [0.5, 0.6) is 0 Å². The summed E-state index contributed by atoms with van der Waals surface area (Å²) in [6.45, 7) is 0.707. The SMILES string of the molecule is COC(=O)[C@@H]1CN(S(=O)(=O)N2CC(C#N)C2)CCO1. The normalized spacial score (nSPS) is 26.4. The largest absolute Gasteiger partial charge is 0.467 e. The highest BCUT2D eigenvalue weighted by molar-refractivity contribution is 7.86. The third-order valence-electron chi connectivity index (χ3n) is 3.18. The summed E-state index contributed by atoms with van der Waals surface area (Å²) in [4.78, 5) is 11.4. The van der Waals surface area contributed by atoms with Crippen molar-refractivity contribution in [2.75, 3.05) is 39.9 Å². The molecule has 2 fully saturated rings. The number of hydrogen-bond acceptors (Lipinski definition) is 6. The molecule has 0 spiro atoms. The first-order valence-electron chi connectivity index (χ1n) is 5.83. The number of esters is 1. The molecule has 0 saturated carbocycles. The Morgan fingerprint density at radius 3 is 2.63 bits per heavy atom. The lowest BCUT2D eigenvalue weighted by Gasteiger charge is -2.39. The number of rotatable bonds is 3. The number of ether oxygens (including phenoxy) is 2. The molecule has 2 aliphatic rings. The van der Waals surface area contributed by atoms with E-state index in [9.17, 15) is 13.2 Å². The van der Waals surface area contributed by atoms with Crippen molar-refractivity contribution in [3.8, 4) is 6.07 Å². The summed E-state index contributed by atoms with van der Waals surface area (Å²) in [5.41, 5.74) is 0. The average Bonchev–Trinajstić information content (AvgIpc) is 2.36. The highest BCUT2D eigenvalue weighted by Gasteiger charge is 2.42. The van der Waals surface area contributed by atoms with E-state index in [1.807, 2.05) is 6.07 Å². The molecule has 8 nitrogen and oxygen atoms in total. The fraction of sp³-hybridized carbons (Fsp3) is 0.800. The standard InChI is InChI=1S/C10H15N3O5S/c1-17-10(14)9-7-12(2-3-18-9)19(15,16)13-5-8(4-11)6-13/h8-9H,2-3,5-7H2,1H3/t9-/m0/s1. The number of morpholine rings is 1. The van der Waals surface area contributed by atoms with E-state index < -0.39 is 22.3 Å². The predicted octanol–water partition coefficient (Wildman–Crippen LogP) is -1.44. The van der Waals surface area contributed by atoms with Crippen molar-refractivity contribution in [3.63, 3.8) is 0 Å². The van der Waals surface area contributed by atoms with Gasteiger partial charge in [0.25, 0.3) is 10.2 Å². The van der Waals surface area contributed by atoms with Gasteiger partial charge >= 0.3 is 5.97 Å². The predicted molar refractivity (Wildman–Crippen MR) is 62.9 cm³/mol. The molecule has 0 aliphatic carbocycles.